The second-order valence-corrected chi connectivity index (χ2v) is 8.51. The van der Waals surface area contributed by atoms with Crippen LogP contribution in [0.15, 0.2) is 83.9 Å². The highest BCUT2D eigenvalue weighted by atomic mass is 32.2. The monoisotopic (exact) mass is 463 g/mol. The lowest BCUT2D eigenvalue weighted by molar-refractivity contribution is -0.121. The Balaban J connectivity index is 1.53. The van der Waals surface area contributed by atoms with Crippen LogP contribution in [-0.2, 0) is 16.1 Å². The summed E-state index contributed by atoms with van der Waals surface area (Å²) in [4.78, 5) is 31.4. The summed E-state index contributed by atoms with van der Waals surface area (Å²) in [6.45, 7) is 0.392. The van der Waals surface area contributed by atoms with Crippen molar-refractivity contribution in [2.45, 2.75) is 18.2 Å². The molecule has 0 spiro atoms. The summed E-state index contributed by atoms with van der Waals surface area (Å²) in [6, 6.07) is 22.4. The zero-order valence-corrected chi connectivity index (χ0v) is 18.7. The van der Waals surface area contributed by atoms with E-state index in [0.717, 1.165) is 21.9 Å². The number of amides is 2. The summed E-state index contributed by atoms with van der Waals surface area (Å²) in [7, 11) is 1.61. The quantitative estimate of drug-likeness (QED) is 0.321. The number of halogens is 1. The summed E-state index contributed by atoms with van der Waals surface area (Å²) < 4.78 is 18.5. The summed E-state index contributed by atoms with van der Waals surface area (Å²) in [5.74, 6) is -0.332. The van der Waals surface area contributed by atoms with E-state index in [0.29, 0.717) is 17.4 Å². The minimum Gasteiger partial charge on any atom is -0.497 e. The maximum absolute atomic E-state index is 13.3. The number of benzene rings is 3. The fraction of sp³-hybridized carbons (Fsp3) is 0.160. The van der Waals surface area contributed by atoms with Crippen molar-refractivity contribution in [3.05, 3.63) is 90.2 Å². The van der Waals surface area contributed by atoms with Gasteiger partial charge in [-0.3, -0.25) is 14.6 Å². The van der Waals surface area contributed by atoms with Crippen LogP contribution in [0.5, 0.6) is 5.75 Å². The van der Waals surface area contributed by atoms with E-state index in [2.05, 4.69) is 10.3 Å². The van der Waals surface area contributed by atoms with Crippen LogP contribution in [0.3, 0.4) is 0 Å². The van der Waals surface area contributed by atoms with E-state index in [9.17, 15) is 14.0 Å². The van der Waals surface area contributed by atoms with Crippen molar-refractivity contribution in [3.8, 4) is 5.75 Å². The number of rotatable bonds is 6. The summed E-state index contributed by atoms with van der Waals surface area (Å²) in [5.41, 5.74) is 2.17. The van der Waals surface area contributed by atoms with Gasteiger partial charge in [-0.1, -0.05) is 42.1 Å². The molecule has 6 nitrogen and oxygen atoms in total. The molecule has 1 heterocycles. The first-order valence-electron chi connectivity index (χ1n) is 10.3. The minimum atomic E-state index is -0.631. The average molecular weight is 464 g/mol. The SMILES string of the molecule is COc1ccc(CN=C(Nc2ccccc2)SC2CC(=O)N(c3ccc(F)cc3)C2=O)cc1. The molecule has 1 atom stereocenters. The topological polar surface area (TPSA) is 71.0 Å². The smallest absolute Gasteiger partial charge is 0.247 e. The minimum absolute atomic E-state index is 0.0406. The van der Waals surface area contributed by atoms with E-state index >= 15 is 0 Å². The lowest BCUT2D eigenvalue weighted by Crippen LogP contribution is -2.31. The predicted molar refractivity (Wildman–Crippen MR) is 129 cm³/mol. The van der Waals surface area contributed by atoms with Crippen LogP contribution in [0.1, 0.15) is 12.0 Å². The number of methoxy groups -OCH3 is 1. The largest absolute Gasteiger partial charge is 0.497 e. The molecule has 1 N–H and O–H groups in total. The molecule has 3 aromatic carbocycles. The molecule has 0 bridgehead atoms. The number of nitrogens with zero attached hydrogens (tertiary/aromatic N) is 2. The number of nitrogens with one attached hydrogen (secondary N) is 1. The number of imide groups is 1. The Morgan fingerprint density at radius 1 is 1.06 bits per heavy atom. The first-order valence-corrected chi connectivity index (χ1v) is 11.2. The number of carbonyl (C=O) groups excluding carboxylic acids is 2. The normalized spacial score (nSPS) is 16.2. The fourth-order valence-electron chi connectivity index (χ4n) is 3.34. The van der Waals surface area contributed by atoms with Gasteiger partial charge in [-0.25, -0.2) is 9.29 Å². The van der Waals surface area contributed by atoms with Gasteiger partial charge in [0.15, 0.2) is 5.17 Å². The van der Waals surface area contributed by atoms with Gasteiger partial charge in [0.2, 0.25) is 11.8 Å². The number of para-hydroxylation sites is 1. The first-order chi connectivity index (χ1) is 16.0. The van der Waals surface area contributed by atoms with E-state index in [1.54, 1.807) is 7.11 Å². The molecule has 0 aliphatic carbocycles. The molecule has 0 radical (unpaired) electrons. The molecule has 8 heteroatoms. The van der Waals surface area contributed by atoms with Crippen molar-refractivity contribution in [2.75, 3.05) is 17.3 Å². The summed E-state index contributed by atoms with van der Waals surface area (Å²) >= 11 is 1.22. The third-order valence-corrected chi connectivity index (χ3v) is 6.14. The van der Waals surface area contributed by atoms with Gasteiger partial charge in [-0.05, 0) is 54.1 Å². The Morgan fingerprint density at radius 3 is 2.42 bits per heavy atom. The van der Waals surface area contributed by atoms with Crippen molar-refractivity contribution in [1.82, 2.24) is 0 Å². The van der Waals surface area contributed by atoms with Crippen LogP contribution in [-0.4, -0.2) is 29.3 Å². The second-order valence-electron chi connectivity index (χ2n) is 7.31. The van der Waals surface area contributed by atoms with E-state index in [4.69, 9.17) is 4.74 Å². The second kappa shape index (κ2) is 10.3. The van der Waals surface area contributed by atoms with Crippen LogP contribution < -0.4 is 15.0 Å². The Labute approximate surface area is 195 Å². The molecule has 33 heavy (non-hydrogen) atoms. The zero-order valence-electron chi connectivity index (χ0n) is 17.9. The van der Waals surface area contributed by atoms with E-state index in [1.165, 1.54) is 36.0 Å². The molecule has 1 aliphatic heterocycles. The highest BCUT2D eigenvalue weighted by Gasteiger charge is 2.40. The number of hydrogen-bond acceptors (Lipinski definition) is 5. The van der Waals surface area contributed by atoms with Crippen molar-refractivity contribution < 1.29 is 18.7 Å². The molecular formula is C25H22FN3O3S. The average Bonchev–Trinajstić information content (AvgIpc) is 3.11. The van der Waals surface area contributed by atoms with E-state index in [1.807, 2.05) is 54.6 Å². The molecule has 4 rings (SSSR count). The fourth-order valence-corrected chi connectivity index (χ4v) is 4.36. The van der Waals surface area contributed by atoms with Crippen LogP contribution in [0.25, 0.3) is 0 Å². The third kappa shape index (κ3) is 5.59. The number of anilines is 2. The van der Waals surface area contributed by atoms with Crippen LogP contribution in [0.2, 0.25) is 0 Å². The van der Waals surface area contributed by atoms with E-state index in [-0.39, 0.29) is 18.2 Å². The Hall–Kier alpha value is -3.65. The van der Waals surface area contributed by atoms with Crippen molar-refractivity contribution >= 4 is 40.1 Å². The Bertz CT molecular complexity index is 1150. The van der Waals surface area contributed by atoms with E-state index < -0.39 is 11.1 Å². The molecule has 168 valence electrons. The molecule has 0 saturated carbocycles. The Kier molecular flexibility index (Phi) is 7.04. The van der Waals surface area contributed by atoms with Gasteiger partial charge in [0.1, 0.15) is 16.8 Å². The zero-order chi connectivity index (χ0) is 23.2. The first kappa shape index (κ1) is 22.5. The van der Waals surface area contributed by atoms with Crippen molar-refractivity contribution in [2.24, 2.45) is 4.99 Å². The Morgan fingerprint density at radius 2 is 1.76 bits per heavy atom. The molecule has 1 unspecified atom stereocenters. The van der Waals surface area contributed by atoms with Gasteiger partial charge in [-0.2, -0.15) is 0 Å². The molecule has 2 amide bonds. The predicted octanol–water partition coefficient (Wildman–Crippen LogP) is 4.87. The van der Waals surface area contributed by atoms with Gasteiger partial charge in [0.25, 0.3) is 0 Å². The molecule has 1 aliphatic rings. The number of aliphatic imine (C=N–C) groups is 1. The van der Waals surface area contributed by atoms with Gasteiger partial charge >= 0.3 is 0 Å². The highest BCUT2D eigenvalue weighted by molar-refractivity contribution is 8.15. The van der Waals surface area contributed by atoms with Gasteiger partial charge in [-0.15, -0.1) is 0 Å². The lowest BCUT2D eigenvalue weighted by Gasteiger charge is -2.16. The molecule has 0 aromatic heterocycles. The maximum atomic E-state index is 13.3. The standard InChI is InChI=1S/C25H22FN3O3S/c1-32-21-13-7-17(8-14-21)16-27-25(28-19-5-3-2-4-6-19)33-22-15-23(30)29(24(22)31)20-11-9-18(26)10-12-20/h2-14,22H,15-16H2,1H3,(H,27,28). The molecule has 1 saturated heterocycles. The number of thioether (sulfide) groups is 1. The van der Waals surface area contributed by atoms with Crippen molar-refractivity contribution in [1.29, 1.82) is 0 Å². The van der Waals surface area contributed by atoms with Gasteiger partial charge in [0.05, 0.1) is 19.3 Å². The molecular weight excluding hydrogens is 441 g/mol. The van der Waals surface area contributed by atoms with Crippen molar-refractivity contribution in [3.63, 3.8) is 0 Å². The van der Waals surface area contributed by atoms with Gasteiger partial charge < -0.3 is 10.1 Å². The number of amidine groups is 1. The summed E-state index contributed by atoms with van der Waals surface area (Å²) in [6.07, 6.45) is 0.0406. The number of ether oxygens (including phenoxy) is 1. The van der Waals surface area contributed by atoms with Crippen LogP contribution in [0, 0.1) is 5.82 Å². The maximum Gasteiger partial charge on any atom is 0.247 e. The lowest BCUT2D eigenvalue weighted by atomic mass is 10.2. The van der Waals surface area contributed by atoms with Crippen LogP contribution >= 0.6 is 11.8 Å². The molecule has 1 fully saturated rings. The van der Waals surface area contributed by atoms with Crippen LogP contribution in [0.4, 0.5) is 15.8 Å². The van der Waals surface area contributed by atoms with Gasteiger partial charge in [0, 0.05) is 12.1 Å². The highest BCUT2D eigenvalue weighted by Crippen LogP contribution is 2.31. The number of carbonyl (C=O) groups is 2. The molecule has 3 aromatic rings. The third-order valence-electron chi connectivity index (χ3n) is 5.03. The number of hydrogen-bond donors (Lipinski definition) is 1. The summed E-state index contributed by atoms with van der Waals surface area (Å²) in [5, 5.41) is 3.15.